The van der Waals surface area contributed by atoms with Gasteiger partial charge >= 0.3 is 0 Å². The van der Waals surface area contributed by atoms with Crippen LogP contribution >= 0.6 is 0 Å². The van der Waals surface area contributed by atoms with Crippen LogP contribution in [-0.2, 0) is 0 Å². The van der Waals surface area contributed by atoms with Gasteiger partial charge in [-0.05, 0) is 38.1 Å². The van der Waals surface area contributed by atoms with Gasteiger partial charge in [-0.2, -0.15) is 0 Å². The third-order valence-electron chi connectivity index (χ3n) is 3.54. The summed E-state index contributed by atoms with van der Waals surface area (Å²) in [4.78, 5) is 14.2. The summed E-state index contributed by atoms with van der Waals surface area (Å²) in [6.45, 7) is 3.58. The highest BCUT2D eigenvalue weighted by molar-refractivity contribution is 5.95. The van der Waals surface area contributed by atoms with E-state index in [0.717, 1.165) is 30.8 Å². The standard InChI is InChI=1S/C14H20N2O2/c1-10-4-5-11(8-13(10)18-3)14(17)16-7-6-12(9-16)15-2/h4-5,8,12,15H,6-7,9H2,1-3H3. The Morgan fingerprint density at radius 3 is 2.89 bits per heavy atom. The van der Waals surface area contributed by atoms with Crippen LogP contribution < -0.4 is 10.1 Å². The molecule has 1 amide bonds. The van der Waals surface area contributed by atoms with Crippen molar-refractivity contribution in [2.24, 2.45) is 0 Å². The first-order valence-electron chi connectivity index (χ1n) is 6.27. The first-order valence-corrected chi connectivity index (χ1v) is 6.27. The molecule has 18 heavy (non-hydrogen) atoms. The lowest BCUT2D eigenvalue weighted by Crippen LogP contribution is -2.33. The maximum atomic E-state index is 12.3. The van der Waals surface area contributed by atoms with Gasteiger partial charge in [-0.15, -0.1) is 0 Å². The summed E-state index contributed by atoms with van der Waals surface area (Å²) in [5.41, 5.74) is 1.75. The second kappa shape index (κ2) is 5.40. The predicted octanol–water partition coefficient (Wildman–Crippen LogP) is 1.44. The molecule has 1 aromatic rings. The molecule has 1 aliphatic heterocycles. The SMILES string of the molecule is CNC1CCN(C(=O)c2ccc(C)c(OC)c2)C1. The highest BCUT2D eigenvalue weighted by Crippen LogP contribution is 2.21. The van der Waals surface area contributed by atoms with E-state index < -0.39 is 0 Å². The number of hydrogen-bond acceptors (Lipinski definition) is 3. The van der Waals surface area contributed by atoms with Crippen molar-refractivity contribution < 1.29 is 9.53 Å². The molecule has 1 saturated heterocycles. The van der Waals surface area contributed by atoms with Gasteiger partial charge in [0.1, 0.15) is 5.75 Å². The minimum Gasteiger partial charge on any atom is -0.496 e. The molecule has 1 fully saturated rings. The summed E-state index contributed by atoms with van der Waals surface area (Å²) in [7, 11) is 3.57. The van der Waals surface area contributed by atoms with E-state index in [1.165, 1.54) is 0 Å². The number of carbonyl (C=O) groups excluding carboxylic acids is 1. The summed E-state index contributed by atoms with van der Waals surface area (Å²) in [5, 5.41) is 3.21. The molecule has 1 N–H and O–H groups in total. The van der Waals surface area contributed by atoms with Crippen LogP contribution in [0.5, 0.6) is 5.75 Å². The summed E-state index contributed by atoms with van der Waals surface area (Å²) < 4.78 is 5.26. The normalized spacial score (nSPS) is 19.1. The average molecular weight is 248 g/mol. The van der Waals surface area contributed by atoms with Gasteiger partial charge in [-0.1, -0.05) is 6.07 Å². The third-order valence-corrected chi connectivity index (χ3v) is 3.54. The Kier molecular flexibility index (Phi) is 3.87. The number of hydrogen-bond donors (Lipinski definition) is 1. The number of ether oxygens (including phenoxy) is 1. The smallest absolute Gasteiger partial charge is 0.254 e. The molecule has 1 heterocycles. The molecule has 1 aliphatic rings. The number of likely N-dealkylation sites (N-methyl/N-ethyl adjacent to an activating group) is 1. The summed E-state index contributed by atoms with van der Waals surface area (Å²) in [6, 6.07) is 6.04. The molecule has 4 heteroatoms. The van der Waals surface area contributed by atoms with E-state index in [1.54, 1.807) is 7.11 Å². The molecular formula is C14H20N2O2. The van der Waals surface area contributed by atoms with Crippen molar-refractivity contribution in [1.29, 1.82) is 0 Å². The topological polar surface area (TPSA) is 41.6 Å². The van der Waals surface area contributed by atoms with Gasteiger partial charge in [0.25, 0.3) is 5.91 Å². The van der Waals surface area contributed by atoms with Crippen LogP contribution in [0.25, 0.3) is 0 Å². The van der Waals surface area contributed by atoms with Crippen LogP contribution in [-0.4, -0.2) is 44.1 Å². The fourth-order valence-corrected chi connectivity index (χ4v) is 2.32. The minimum absolute atomic E-state index is 0.0889. The first-order chi connectivity index (χ1) is 8.65. The Bertz CT molecular complexity index is 445. The Balaban J connectivity index is 2.14. The largest absolute Gasteiger partial charge is 0.496 e. The third kappa shape index (κ3) is 2.48. The van der Waals surface area contributed by atoms with E-state index >= 15 is 0 Å². The van der Waals surface area contributed by atoms with Crippen molar-refractivity contribution in [1.82, 2.24) is 10.2 Å². The number of amides is 1. The summed E-state index contributed by atoms with van der Waals surface area (Å²) in [5.74, 6) is 0.858. The van der Waals surface area contributed by atoms with E-state index in [0.29, 0.717) is 11.6 Å². The molecule has 2 rings (SSSR count). The molecule has 0 radical (unpaired) electrons. The number of methoxy groups -OCH3 is 1. The highest BCUT2D eigenvalue weighted by Gasteiger charge is 2.26. The van der Waals surface area contributed by atoms with Crippen molar-refractivity contribution in [3.63, 3.8) is 0 Å². The molecule has 4 nitrogen and oxygen atoms in total. The van der Waals surface area contributed by atoms with Crippen molar-refractivity contribution >= 4 is 5.91 Å². The van der Waals surface area contributed by atoms with Crippen molar-refractivity contribution in [2.75, 3.05) is 27.2 Å². The molecule has 0 aliphatic carbocycles. The summed E-state index contributed by atoms with van der Waals surface area (Å²) in [6.07, 6.45) is 1.02. The van der Waals surface area contributed by atoms with Gasteiger partial charge in [0.05, 0.1) is 7.11 Å². The summed E-state index contributed by atoms with van der Waals surface area (Å²) >= 11 is 0. The minimum atomic E-state index is 0.0889. The van der Waals surface area contributed by atoms with Crippen LogP contribution in [0.2, 0.25) is 0 Å². The van der Waals surface area contributed by atoms with Gasteiger partial charge in [0.2, 0.25) is 0 Å². The number of rotatable bonds is 3. The van der Waals surface area contributed by atoms with Crippen LogP contribution in [0.1, 0.15) is 22.3 Å². The predicted molar refractivity (Wildman–Crippen MR) is 71.1 cm³/mol. The highest BCUT2D eigenvalue weighted by atomic mass is 16.5. The van der Waals surface area contributed by atoms with Crippen molar-refractivity contribution in [2.45, 2.75) is 19.4 Å². The number of nitrogens with one attached hydrogen (secondary N) is 1. The Hall–Kier alpha value is -1.55. The van der Waals surface area contributed by atoms with Gasteiger partial charge in [-0.25, -0.2) is 0 Å². The maximum Gasteiger partial charge on any atom is 0.254 e. The molecule has 1 atom stereocenters. The fraction of sp³-hybridized carbons (Fsp3) is 0.500. The lowest BCUT2D eigenvalue weighted by atomic mass is 10.1. The second-order valence-corrected chi connectivity index (χ2v) is 4.71. The van der Waals surface area contributed by atoms with Crippen LogP contribution in [0.15, 0.2) is 18.2 Å². The number of aryl methyl sites for hydroxylation is 1. The maximum absolute atomic E-state index is 12.3. The van der Waals surface area contributed by atoms with E-state index in [-0.39, 0.29) is 5.91 Å². The second-order valence-electron chi connectivity index (χ2n) is 4.71. The molecular weight excluding hydrogens is 228 g/mol. The quantitative estimate of drug-likeness (QED) is 0.880. The molecule has 0 spiro atoms. The Morgan fingerprint density at radius 1 is 1.50 bits per heavy atom. The van der Waals surface area contributed by atoms with Gasteiger partial charge in [-0.3, -0.25) is 4.79 Å². The first kappa shape index (κ1) is 12.9. The van der Waals surface area contributed by atoms with Gasteiger partial charge < -0.3 is 15.0 Å². The zero-order valence-electron chi connectivity index (χ0n) is 11.2. The monoisotopic (exact) mass is 248 g/mol. The van der Waals surface area contributed by atoms with E-state index in [4.69, 9.17) is 4.74 Å². The van der Waals surface area contributed by atoms with Crippen LogP contribution in [0.3, 0.4) is 0 Å². The lowest BCUT2D eigenvalue weighted by Gasteiger charge is -2.17. The lowest BCUT2D eigenvalue weighted by molar-refractivity contribution is 0.0789. The van der Waals surface area contributed by atoms with Crippen LogP contribution in [0.4, 0.5) is 0 Å². The molecule has 0 bridgehead atoms. The van der Waals surface area contributed by atoms with Crippen molar-refractivity contribution in [3.05, 3.63) is 29.3 Å². The van der Waals surface area contributed by atoms with E-state index in [1.807, 2.05) is 37.1 Å². The molecule has 0 saturated carbocycles. The number of benzene rings is 1. The zero-order valence-corrected chi connectivity index (χ0v) is 11.2. The van der Waals surface area contributed by atoms with E-state index in [2.05, 4.69) is 5.32 Å². The van der Waals surface area contributed by atoms with Gasteiger partial charge in [0.15, 0.2) is 0 Å². The number of carbonyl (C=O) groups is 1. The number of nitrogens with zero attached hydrogens (tertiary/aromatic N) is 1. The Morgan fingerprint density at radius 2 is 2.28 bits per heavy atom. The molecule has 0 aromatic heterocycles. The zero-order chi connectivity index (χ0) is 13.1. The fourth-order valence-electron chi connectivity index (χ4n) is 2.32. The van der Waals surface area contributed by atoms with Crippen LogP contribution in [0, 0.1) is 6.92 Å². The molecule has 98 valence electrons. The average Bonchev–Trinajstić information content (AvgIpc) is 2.87. The Labute approximate surface area is 108 Å². The van der Waals surface area contributed by atoms with E-state index in [9.17, 15) is 4.79 Å². The molecule has 1 unspecified atom stereocenters. The van der Waals surface area contributed by atoms with Gasteiger partial charge in [0, 0.05) is 24.7 Å². The molecule has 1 aromatic carbocycles. The number of likely N-dealkylation sites (tertiary alicyclic amines) is 1. The van der Waals surface area contributed by atoms with Crippen molar-refractivity contribution in [3.8, 4) is 5.75 Å².